The molecule has 0 radical (unpaired) electrons. The Morgan fingerprint density at radius 1 is 0.500 bits per heavy atom. The topological polar surface area (TPSA) is 0 Å². The van der Waals surface area contributed by atoms with Crippen molar-refractivity contribution < 1.29 is 0 Å². The van der Waals surface area contributed by atoms with Gasteiger partial charge in [-0.1, -0.05) is 31.4 Å². The Labute approximate surface area is 112 Å². The molecule has 6 atom stereocenters. The van der Waals surface area contributed by atoms with E-state index in [1.807, 2.05) is 0 Å². The molecule has 0 saturated heterocycles. The Bertz CT molecular complexity index is 329. The molecular weight excluding hydrogens is 216 g/mol. The summed E-state index contributed by atoms with van der Waals surface area (Å²) in [6, 6.07) is 0. The first-order valence-electron chi connectivity index (χ1n) is 8.58. The first kappa shape index (κ1) is 11.6. The number of fused-ring (bicyclic) bond motifs is 5. The Morgan fingerprint density at radius 3 is 2.17 bits per heavy atom. The van der Waals surface area contributed by atoms with Gasteiger partial charge >= 0.3 is 0 Å². The second-order valence-corrected chi connectivity index (χ2v) is 7.56. The van der Waals surface area contributed by atoms with Crippen molar-refractivity contribution in [2.75, 3.05) is 0 Å². The van der Waals surface area contributed by atoms with Crippen LogP contribution in [0.3, 0.4) is 0 Å². The molecule has 4 rings (SSSR count). The smallest absolute Gasteiger partial charge is 0.0317 e. The van der Waals surface area contributed by atoms with Crippen LogP contribution in [0.25, 0.3) is 0 Å². The van der Waals surface area contributed by atoms with Crippen LogP contribution in [0.15, 0.2) is 12.2 Å². The fourth-order valence-electron chi connectivity index (χ4n) is 6.21. The minimum Gasteiger partial charge on any atom is -0.0882 e. The Balaban J connectivity index is 1.56. The van der Waals surface area contributed by atoms with Crippen LogP contribution in [0.5, 0.6) is 0 Å². The summed E-state index contributed by atoms with van der Waals surface area (Å²) >= 11 is 0. The minimum absolute atomic E-state index is 1.07. The fraction of sp³-hybridized carbons (Fsp3) is 0.889. The van der Waals surface area contributed by atoms with Gasteiger partial charge in [0.15, 0.2) is 0 Å². The van der Waals surface area contributed by atoms with Crippen LogP contribution in [0, 0.1) is 35.5 Å². The molecule has 4 aliphatic carbocycles. The van der Waals surface area contributed by atoms with Gasteiger partial charge in [-0.25, -0.2) is 0 Å². The molecule has 0 aromatic heterocycles. The molecule has 0 spiro atoms. The van der Waals surface area contributed by atoms with Gasteiger partial charge < -0.3 is 0 Å². The summed E-state index contributed by atoms with van der Waals surface area (Å²) in [6.07, 6.45) is 20.3. The van der Waals surface area contributed by atoms with E-state index in [2.05, 4.69) is 12.2 Å². The van der Waals surface area contributed by atoms with Gasteiger partial charge in [0, 0.05) is 0 Å². The normalized spacial score (nSPS) is 51.1. The molecule has 0 aliphatic heterocycles. The molecule has 0 bridgehead atoms. The van der Waals surface area contributed by atoms with Gasteiger partial charge in [0.25, 0.3) is 0 Å². The lowest BCUT2D eigenvalue weighted by Crippen LogP contribution is -2.45. The summed E-state index contributed by atoms with van der Waals surface area (Å²) in [4.78, 5) is 0. The van der Waals surface area contributed by atoms with Crippen molar-refractivity contribution in [2.24, 2.45) is 35.5 Å². The fourth-order valence-corrected chi connectivity index (χ4v) is 6.21. The van der Waals surface area contributed by atoms with Crippen LogP contribution in [-0.4, -0.2) is 0 Å². The van der Waals surface area contributed by atoms with E-state index < -0.39 is 0 Å². The van der Waals surface area contributed by atoms with Crippen molar-refractivity contribution in [3.8, 4) is 0 Å². The Kier molecular flexibility index (Phi) is 3.01. The zero-order valence-corrected chi connectivity index (χ0v) is 11.7. The molecule has 3 fully saturated rings. The van der Waals surface area contributed by atoms with Crippen molar-refractivity contribution >= 4 is 0 Å². The number of allylic oxidation sites excluding steroid dienone is 2. The van der Waals surface area contributed by atoms with Gasteiger partial charge in [0.05, 0.1) is 0 Å². The lowest BCUT2D eigenvalue weighted by molar-refractivity contribution is -0.0281. The highest BCUT2D eigenvalue weighted by atomic mass is 14.5. The summed E-state index contributed by atoms with van der Waals surface area (Å²) in [7, 11) is 0. The van der Waals surface area contributed by atoms with E-state index in [9.17, 15) is 0 Å². The van der Waals surface area contributed by atoms with Crippen molar-refractivity contribution in [1.82, 2.24) is 0 Å². The van der Waals surface area contributed by atoms with Crippen LogP contribution in [0.1, 0.15) is 64.2 Å². The average molecular weight is 244 g/mol. The molecule has 0 heteroatoms. The maximum Gasteiger partial charge on any atom is -0.0317 e. The van der Waals surface area contributed by atoms with Crippen LogP contribution in [0.2, 0.25) is 0 Å². The second-order valence-electron chi connectivity index (χ2n) is 7.56. The van der Waals surface area contributed by atoms with Gasteiger partial charge in [-0.2, -0.15) is 0 Å². The quantitative estimate of drug-likeness (QED) is 0.514. The van der Waals surface area contributed by atoms with Crippen molar-refractivity contribution in [1.29, 1.82) is 0 Å². The average Bonchev–Trinajstić information content (AvgIpc) is 2.46. The first-order chi connectivity index (χ1) is 8.93. The SMILES string of the molecule is C1=CCC2C(C1)CCC1C3CCCCC3CCC21. The Hall–Kier alpha value is -0.260. The van der Waals surface area contributed by atoms with E-state index in [0.29, 0.717) is 0 Å². The second kappa shape index (κ2) is 4.69. The summed E-state index contributed by atoms with van der Waals surface area (Å²) in [5.74, 6) is 6.68. The summed E-state index contributed by atoms with van der Waals surface area (Å²) in [5, 5.41) is 0. The zero-order valence-electron chi connectivity index (χ0n) is 11.7. The molecule has 0 amide bonds. The summed E-state index contributed by atoms with van der Waals surface area (Å²) in [6.45, 7) is 0. The van der Waals surface area contributed by atoms with Crippen molar-refractivity contribution in [3.63, 3.8) is 0 Å². The predicted molar refractivity (Wildman–Crippen MR) is 76.3 cm³/mol. The van der Waals surface area contributed by atoms with E-state index in [1.165, 1.54) is 19.3 Å². The molecular formula is C18H28. The monoisotopic (exact) mass is 244 g/mol. The third kappa shape index (κ3) is 1.79. The van der Waals surface area contributed by atoms with E-state index >= 15 is 0 Å². The van der Waals surface area contributed by atoms with Crippen molar-refractivity contribution in [3.05, 3.63) is 12.2 Å². The molecule has 0 N–H and O–H groups in total. The van der Waals surface area contributed by atoms with Crippen LogP contribution >= 0.6 is 0 Å². The number of hydrogen-bond acceptors (Lipinski definition) is 0. The van der Waals surface area contributed by atoms with Crippen molar-refractivity contribution in [2.45, 2.75) is 64.2 Å². The summed E-state index contributed by atoms with van der Waals surface area (Å²) < 4.78 is 0. The molecule has 100 valence electrons. The van der Waals surface area contributed by atoms with Gasteiger partial charge in [-0.15, -0.1) is 0 Å². The number of hydrogen-bond donors (Lipinski definition) is 0. The first-order valence-corrected chi connectivity index (χ1v) is 8.58. The highest BCUT2D eigenvalue weighted by Crippen LogP contribution is 2.56. The molecule has 3 saturated carbocycles. The molecule has 18 heavy (non-hydrogen) atoms. The maximum absolute atomic E-state index is 2.50. The third-order valence-corrected chi connectivity index (χ3v) is 6.98. The number of rotatable bonds is 0. The molecule has 0 nitrogen and oxygen atoms in total. The third-order valence-electron chi connectivity index (χ3n) is 6.98. The van der Waals surface area contributed by atoms with E-state index in [4.69, 9.17) is 0 Å². The molecule has 0 heterocycles. The van der Waals surface area contributed by atoms with Gasteiger partial charge in [-0.3, -0.25) is 0 Å². The minimum atomic E-state index is 1.07. The molecule has 4 aliphatic rings. The Morgan fingerprint density at radius 2 is 1.22 bits per heavy atom. The summed E-state index contributed by atoms with van der Waals surface area (Å²) in [5.41, 5.74) is 0. The predicted octanol–water partition coefficient (Wildman–Crippen LogP) is 5.20. The van der Waals surface area contributed by atoms with Gasteiger partial charge in [0.1, 0.15) is 0 Å². The van der Waals surface area contributed by atoms with E-state index in [-0.39, 0.29) is 0 Å². The van der Waals surface area contributed by atoms with Gasteiger partial charge in [0.2, 0.25) is 0 Å². The molecule has 0 aromatic carbocycles. The zero-order chi connectivity index (χ0) is 11.9. The molecule has 0 aromatic rings. The van der Waals surface area contributed by atoms with Gasteiger partial charge in [-0.05, 0) is 80.5 Å². The van der Waals surface area contributed by atoms with Crippen LogP contribution in [0.4, 0.5) is 0 Å². The molecule has 6 unspecified atom stereocenters. The lowest BCUT2D eigenvalue weighted by atomic mass is 9.52. The maximum atomic E-state index is 2.50. The standard InChI is InChI=1S/C18H28/c1-3-7-15-13(5-1)9-11-18-16-8-4-2-6-14(16)10-12-17(15)18/h1,3,13-18H,2,4-12H2. The van der Waals surface area contributed by atoms with Crippen LogP contribution in [-0.2, 0) is 0 Å². The largest absolute Gasteiger partial charge is 0.0882 e. The highest BCUT2D eigenvalue weighted by molar-refractivity contribution is 5.03. The van der Waals surface area contributed by atoms with E-state index in [1.54, 1.807) is 44.9 Å². The lowest BCUT2D eigenvalue weighted by Gasteiger charge is -2.53. The van der Waals surface area contributed by atoms with Crippen LogP contribution < -0.4 is 0 Å². The highest BCUT2D eigenvalue weighted by Gasteiger charge is 2.47. The van der Waals surface area contributed by atoms with E-state index in [0.717, 1.165) is 35.5 Å².